The van der Waals surface area contributed by atoms with Gasteiger partial charge in [-0.3, -0.25) is 0 Å². The van der Waals surface area contributed by atoms with Gasteiger partial charge < -0.3 is 10.6 Å². The minimum Gasteiger partial charge on any atom is -0.358 e. The highest BCUT2D eigenvalue weighted by Crippen LogP contribution is 2.46. The molecule has 1 heterocycles. The van der Waals surface area contributed by atoms with Gasteiger partial charge in [-0.15, -0.1) is 11.8 Å². The Bertz CT molecular complexity index is 965. The largest absolute Gasteiger partial charge is 0.404 e. The quantitative estimate of drug-likeness (QED) is 0.330. The van der Waals surface area contributed by atoms with Gasteiger partial charge in [-0.05, 0) is 59.7 Å². The Labute approximate surface area is 186 Å². The Morgan fingerprint density at radius 2 is 1.69 bits per heavy atom. The summed E-state index contributed by atoms with van der Waals surface area (Å²) in [4.78, 5) is 1.22. The third-order valence-electron chi connectivity index (χ3n) is 5.66. The van der Waals surface area contributed by atoms with E-state index in [0.717, 1.165) is 34.9 Å². The molecule has 2 N–H and O–H groups in total. The fraction of sp³-hybridized carbons (Fsp3) is 0.391. The first-order chi connectivity index (χ1) is 15.0. The zero-order valence-electron chi connectivity index (χ0n) is 17.0. The zero-order valence-corrected chi connectivity index (χ0v) is 17.8. The topological polar surface area (TPSA) is 24.1 Å². The van der Waals surface area contributed by atoms with E-state index in [4.69, 9.17) is 0 Å². The van der Waals surface area contributed by atoms with E-state index in [1.165, 1.54) is 29.9 Å². The van der Waals surface area contributed by atoms with Gasteiger partial charge in [0.25, 0.3) is 0 Å². The number of hydrogen-bond acceptors (Lipinski definition) is 3. The molecule has 32 heavy (non-hydrogen) atoms. The molecule has 1 unspecified atom stereocenters. The van der Waals surface area contributed by atoms with Crippen LogP contribution in [0.15, 0.2) is 59.6 Å². The Hall–Kier alpha value is -2.13. The molecule has 4 rings (SSSR count). The van der Waals surface area contributed by atoms with E-state index >= 15 is 0 Å². The number of thioether (sulfide) groups is 1. The van der Waals surface area contributed by atoms with Crippen LogP contribution in [0.3, 0.4) is 0 Å². The van der Waals surface area contributed by atoms with Gasteiger partial charge in [0, 0.05) is 28.6 Å². The summed E-state index contributed by atoms with van der Waals surface area (Å²) in [5.74, 6) is -1.55. The predicted molar refractivity (Wildman–Crippen MR) is 114 cm³/mol. The average Bonchev–Trinajstić information content (AvgIpc) is 3.42. The van der Waals surface area contributed by atoms with Crippen LogP contribution in [-0.4, -0.2) is 18.1 Å². The fourth-order valence-corrected chi connectivity index (χ4v) is 4.97. The highest BCUT2D eigenvalue weighted by atomic mass is 32.2. The van der Waals surface area contributed by atoms with Crippen LogP contribution in [0.1, 0.15) is 41.5 Å². The lowest BCUT2D eigenvalue weighted by atomic mass is 9.97. The van der Waals surface area contributed by atoms with Crippen molar-refractivity contribution in [2.75, 3.05) is 11.1 Å². The van der Waals surface area contributed by atoms with Crippen molar-refractivity contribution in [2.24, 2.45) is 5.92 Å². The number of hydrogen-bond donors (Lipinski definition) is 2. The predicted octanol–water partition coefficient (Wildman–Crippen LogP) is 7.17. The molecule has 9 heteroatoms. The molecule has 0 radical (unpaired) electrons. The molecule has 0 bridgehead atoms. The van der Waals surface area contributed by atoms with E-state index in [9.17, 15) is 26.3 Å². The van der Waals surface area contributed by atoms with Crippen molar-refractivity contribution >= 4 is 17.4 Å². The minimum atomic E-state index is -5.41. The Kier molecular flexibility index (Phi) is 6.24. The van der Waals surface area contributed by atoms with Crippen LogP contribution in [0.5, 0.6) is 0 Å². The maximum Gasteiger partial charge on any atom is 0.404 e. The van der Waals surface area contributed by atoms with Crippen molar-refractivity contribution < 1.29 is 26.3 Å². The minimum absolute atomic E-state index is 0.203. The Morgan fingerprint density at radius 3 is 2.28 bits per heavy atom. The molecule has 172 valence electrons. The SMILES string of the molecule is C=C(Nc1ccc(C(C(F)(F)F)C(F)(F)F)cc1)C1NCc2cc(SCC3CC3)ccc21. The van der Waals surface area contributed by atoms with Gasteiger partial charge in [-0.25, -0.2) is 0 Å². The van der Waals surface area contributed by atoms with E-state index in [2.05, 4.69) is 29.3 Å². The molecule has 2 aliphatic rings. The third-order valence-corrected chi connectivity index (χ3v) is 6.88. The molecule has 0 aromatic heterocycles. The number of nitrogens with one attached hydrogen (secondary N) is 2. The van der Waals surface area contributed by atoms with Crippen LogP contribution in [0.2, 0.25) is 0 Å². The molecular formula is C23H22F6N2S. The van der Waals surface area contributed by atoms with Gasteiger partial charge >= 0.3 is 12.4 Å². The summed E-state index contributed by atoms with van der Waals surface area (Å²) in [7, 11) is 0. The second-order valence-corrected chi connectivity index (χ2v) is 9.31. The van der Waals surface area contributed by atoms with Crippen LogP contribution in [0.4, 0.5) is 32.0 Å². The number of alkyl halides is 6. The van der Waals surface area contributed by atoms with Gasteiger partial charge in [0.2, 0.25) is 0 Å². The number of anilines is 1. The summed E-state index contributed by atoms with van der Waals surface area (Å²) < 4.78 is 77.5. The lowest BCUT2D eigenvalue weighted by Crippen LogP contribution is -2.34. The normalized spacial score (nSPS) is 18.7. The second kappa shape index (κ2) is 8.67. The van der Waals surface area contributed by atoms with Gasteiger partial charge in [-0.1, -0.05) is 24.8 Å². The van der Waals surface area contributed by atoms with Crippen LogP contribution < -0.4 is 10.6 Å². The van der Waals surface area contributed by atoms with Crippen LogP contribution >= 0.6 is 11.8 Å². The monoisotopic (exact) mass is 472 g/mol. The van der Waals surface area contributed by atoms with Crippen LogP contribution in [-0.2, 0) is 6.54 Å². The van der Waals surface area contributed by atoms with Crippen LogP contribution in [0.25, 0.3) is 0 Å². The molecule has 0 saturated heterocycles. The van der Waals surface area contributed by atoms with Gasteiger partial charge in [-0.2, -0.15) is 26.3 Å². The molecule has 2 aromatic rings. The van der Waals surface area contributed by atoms with Crippen molar-refractivity contribution in [2.45, 2.75) is 48.6 Å². The van der Waals surface area contributed by atoms with E-state index in [1.807, 2.05) is 17.8 Å². The number of rotatable bonds is 7. The van der Waals surface area contributed by atoms with E-state index in [-0.39, 0.29) is 6.04 Å². The maximum absolute atomic E-state index is 12.9. The van der Waals surface area contributed by atoms with E-state index in [1.54, 1.807) is 0 Å². The molecule has 0 spiro atoms. The van der Waals surface area contributed by atoms with Gasteiger partial charge in [0.05, 0.1) is 6.04 Å². The number of benzene rings is 2. The van der Waals surface area contributed by atoms with Crippen molar-refractivity contribution in [3.8, 4) is 0 Å². The molecule has 1 saturated carbocycles. The third kappa shape index (κ3) is 5.26. The molecule has 1 fully saturated rings. The lowest BCUT2D eigenvalue weighted by Gasteiger charge is -2.24. The van der Waals surface area contributed by atoms with Gasteiger partial charge in [0.15, 0.2) is 5.92 Å². The molecule has 0 amide bonds. The summed E-state index contributed by atoms with van der Waals surface area (Å²) in [6.07, 6.45) is -8.21. The van der Waals surface area contributed by atoms with Crippen molar-refractivity contribution in [1.82, 2.24) is 5.32 Å². The molecule has 1 aliphatic heterocycles. The Morgan fingerprint density at radius 1 is 1.03 bits per heavy atom. The Balaban J connectivity index is 1.42. The van der Waals surface area contributed by atoms with Crippen molar-refractivity contribution in [3.05, 3.63) is 71.4 Å². The summed E-state index contributed by atoms with van der Waals surface area (Å²) in [6.45, 7) is 4.68. The highest BCUT2D eigenvalue weighted by molar-refractivity contribution is 7.99. The maximum atomic E-state index is 12.9. The molecule has 2 nitrogen and oxygen atoms in total. The molecule has 2 aromatic carbocycles. The first-order valence-corrected chi connectivity index (χ1v) is 11.2. The zero-order chi connectivity index (χ0) is 23.1. The second-order valence-electron chi connectivity index (χ2n) is 8.22. The van der Waals surface area contributed by atoms with Gasteiger partial charge in [0.1, 0.15) is 0 Å². The summed E-state index contributed by atoms with van der Waals surface area (Å²) in [6, 6.07) is 10.2. The average molecular weight is 472 g/mol. The summed E-state index contributed by atoms with van der Waals surface area (Å²) in [5.41, 5.74) is 2.31. The standard InChI is InChI=1S/C23H22F6N2S/c1-13(20-19-9-8-18(10-16(19)11-30-20)32-12-14-2-3-14)31-17-6-4-15(5-7-17)21(22(24,25)26)23(27,28)29/h4-10,14,20-21,30-31H,1-3,11-12H2. The first kappa shape index (κ1) is 23.0. The molecule has 1 aliphatic carbocycles. The first-order valence-electron chi connectivity index (χ1n) is 10.2. The fourth-order valence-electron chi connectivity index (χ4n) is 3.82. The lowest BCUT2D eigenvalue weighted by molar-refractivity contribution is -0.253. The summed E-state index contributed by atoms with van der Waals surface area (Å²) >= 11 is 1.85. The van der Waals surface area contributed by atoms with Crippen molar-refractivity contribution in [3.63, 3.8) is 0 Å². The summed E-state index contributed by atoms with van der Waals surface area (Å²) in [5, 5.41) is 6.35. The molecule has 1 atom stereocenters. The van der Waals surface area contributed by atoms with E-state index in [0.29, 0.717) is 17.9 Å². The number of halogens is 6. The molecular weight excluding hydrogens is 450 g/mol. The van der Waals surface area contributed by atoms with Crippen LogP contribution in [0, 0.1) is 5.92 Å². The van der Waals surface area contributed by atoms with Crippen molar-refractivity contribution in [1.29, 1.82) is 0 Å². The van der Waals surface area contributed by atoms with E-state index < -0.39 is 23.8 Å². The number of fused-ring (bicyclic) bond motifs is 1. The smallest absolute Gasteiger partial charge is 0.358 e. The highest BCUT2D eigenvalue weighted by Gasteiger charge is 2.57.